The average Bonchev–Trinajstić information content (AvgIpc) is 2.77. The molecule has 2 aromatic rings. The normalized spacial score (nSPS) is 14.8. The van der Waals surface area contributed by atoms with Crippen LogP contribution >= 0.6 is 22.6 Å². The van der Waals surface area contributed by atoms with Gasteiger partial charge in [0.1, 0.15) is 5.75 Å². The lowest BCUT2D eigenvalue weighted by atomic mass is 10.0. The summed E-state index contributed by atoms with van der Waals surface area (Å²) in [4.78, 5) is 22.4. The van der Waals surface area contributed by atoms with Gasteiger partial charge in [-0.1, -0.05) is 0 Å². The van der Waals surface area contributed by atoms with Gasteiger partial charge in [-0.3, -0.25) is 14.9 Å². The Balaban J connectivity index is 2.14. The highest BCUT2D eigenvalue weighted by molar-refractivity contribution is 14.1. The van der Waals surface area contributed by atoms with E-state index in [-0.39, 0.29) is 22.9 Å². The highest BCUT2D eigenvalue weighted by atomic mass is 127. The Morgan fingerprint density at radius 3 is 2.73 bits per heavy atom. The van der Waals surface area contributed by atoms with Crippen molar-refractivity contribution < 1.29 is 14.8 Å². The van der Waals surface area contributed by atoms with Crippen molar-refractivity contribution in [2.45, 2.75) is 0 Å². The fraction of sp³-hybridized carbons (Fsp3) is 0. The van der Waals surface area contributed by atoms with Crippen LogP contribution in [0.4, 0.5) is 11.4 Å². The Labute approximate surface area is 138 Å². The summed E-state index contributed by atoms with van der Waals surface area (Å²) in [6, 6.07) is 9.20. The molecule has 3 rings (SSSR count). The number of benzene rings is 2. The van der Waals surface area contributed by atoms with Gasteiger partial charge in [-0.2, -0.15) is 0 Å². The van der Waals surface area contributed by atoms with Crippen LogP contribution in [-0.2, 0) is 4.79 Å². The summed E-state index contributed by atoms with van der Waals surface area (Å²) in [5.74, 6) is -0.423. The highest BCUT2D eigenvalue weighted by Gasteiger charge is 2.24. The number of anilines is 1. The van der Waals surface area contributed by atoms with Crippen LogP contribution < -0.4 is 5.32 Å². The molecule has 0 atom stereocenters. The smallest absolute Gasteiger partial charge is 0.270 e. The molecule has 22 heavy (non-hydrogen) atoms. The van der Waals surface area contributed by atoms with Crippen LogP contribution in [0.15, 0.2) is 36.4 Å². The third-order valence-electron chi connectivity index (χ3n) is 3.29. The standard InChI is InChI=1S/C15H9IN2O4/c16-9-1-3-13-11(7-9)12(15(20)17-13)6-8-5-10(18(21)22)2-4-14(8)19/h1-7,19H,(H,17,20). The summed E-state index contributed by atoms with van der Waals surface area (Å²) in [6.07, 6.45) is 1.46. The van der Waals surface area contributed by atoms with E-state index in [9.17, 15) is 20.0 Å². The molecule has 0 fully saturated rings. The Hall–Kier alpha value is -2.42. The topological polar surface area (TPSA) is 92.5 Å². The first-order valence-electron chi connectivity index (χ1n) is 6.26. The van der Waals surface area contributed by atoms with E-state index in [1.807, 2.05) is 12.1 Å². The molecular formula is C15H9IN2O4. The van der Waals surface area contributed by atoms with Crippen molar-refractivity contribution >= 4 is 51.5 Å². The highest BCUT2D eigenvalue weighted by Crippen LogP contribution is 2.36. The van der Waals surface area contributed by atoms with Crippen LogP contribution in [0.2, 0.25) is 0 Å². The van der Waals surface area contributed by atoms with Gasteiger partial charge in [0, 0.05) is 38.1 Å². The molecule has 1 aliphatic heterocycles. The summed E-state index contributed by atoms with van der Waals surface area (Å²) in [5.41, 5.74) is 1.84. The minimum absolute atomic E-state index is 0.120. The molecule has 0 saturated heterocycles. The third kappa shape index (κ3) is 2.54. The van der Waals surface area contributed by atoms with E-state index in [0.29, 0.717) is 16.8 Å². The van der Waals surface area contributed by atoms with Gasteiger partial charge >= 0.3 is 0 Å². The first-order chi connectivity index (χ1) is 10.5. The molecule has 0 unspecified atom stereocenters. The van der Waals surface area contributed by atoms with E-state index in [1.165, 1.54) is 24.3 Å². The van der Waals surface area contributed by atoms with Gasteiger partial charge in [-0.05, 0) is 52.9 Å². The lowest BCUT2D eigenvalue weighted by Gasteiger charge is -2.02. The largest absolute Gasteiger partial charge is 0.507 e. The number of non-ortho nitro benzene ring substituents is 1. The first-order valence-corrected chi connectivity index (χ1v) is 7.34. The summed E-state index contributed by atoms with van der Waals surface area (Å²) >= 11 is 2.14. The number of carbonyl (C=O) groups is 1. The van der Waals surface area contributed by atoms with Crippen molar-refractivity contribution in [3.63, 3.8) is 0 Å². The van der Waals surface area contributed by atoms with Gasteiger partial charge < -0.3 is 10.4 Å². The minimum atomic E-state index is -0.549. The Morgan fingerprint density at radius 1 is 1.23 bits per heavy atom. The summed E-state index contributed by atoms with van der Waals surface area (Å²) in [6.45, 7) is 0. The maximum Gasteiger partial charge on any atom is 0.270 e. The number of nitro groups is 1. The molecule has 110 valence electrons. The van der Waals surface area contributed by atoms with Gasteiger partial charge in [0.05, 0.1) is 4.92 Å². The van der Waals surface area contributed by atoms with E-state index < -0.39 is 4.92 Å². The van der Waals surface area contributed by atoms with Crippen molar-refractivity contribution in [2.75, 3.05) is 5.32 Å². The molecular weight excluding hydrogens is 399 g/mol. The second kappa shape index (κ2) is 5.41. The predicted octanol–water partition coefficient (Wildman–Crippen LogP) is 3.40. The lowest BCUT2D eigenvalue weighted by molar-refractivity contribution is -0.384. The molecule has 0 aromatic heterocycles. The Bertz CT molecular complexity index is 845. The van der Waals surface area contributed by atoms with Gasteiger partial charge in [0.15, 0.2) is 0 Å². The molecule has 0 spiro atoms. The van der Waals surface area contributed by atoms with Crippen molar-refractivity contribution in [3.8, 4) is 5.75 Å². The monoisotopic (exact) mass is 408 g/mol. The summed E-state index contributed by atoms with van der Waals surface area (Å²) in [7, 11) is 0. The molecule has 0 aliphatic carbocycles. The quantitative estimate of drug-likeness (QED) is 0.345. The molecule has 1 heterocycles. The molecule has 2 N–H and O–H groups in total. The van der Waals surface area contributed by atoms with Crippen LogP contribution in [-0.4, -0.2) is 15.9 Å². The average molecular weight is 408 g/mol. The van der Waals surface area contributed by atoms with Crippen LogP contribution in [0.5, 0.6) is 5.75 Å². The number of nitro benzene ring substituents is 1. The second-order valence-corrected chi connectivity index (χ2v) is 5.95. The Kier molecular flexibility index (Phi) is 3.57. The molecule has 0 saturated carbocycles. The molecule has 0 radical (unpaired) electrons. The molecule has 2 aromatic carbocycles. The fourth-order valence-corrected chi connectivity index (χ4v) is 2.72. The Morgan fingerprint density at radius 2 is 2.00 bits per heavy atom. The predicted molar refractivity (Wildman–Crippen MR) is 90.4 cm³/mol. The number of rotatable bonds is 2. The van der Waals surface area contributed by atoms with Crippen molar-refractivity contribution in [3.05, 3.63) is 61.2 Å². The number of phenols is 1. The number of nitrogens with one attached hydrogen (secondary N) is 1. The van der Waals surface area contributed by atoms with Gasteiger partial charge in [0.2, 0.25) is 0 Å². The summed E-state index contributed by atoms with van der Waals surface area (Å²) in [5, 5.41) is 23.4. The van der Waals surface area contributed by atoms with Gasteiger partial charge in [-0.15, -0.1) is 0 Å². The van der Waals surface area contributed by atoms with Gasteiger partial charge in [-0.25, -0.2) is 0 Å². The van der Waals surface area contributed by atoms with E-state index in [0.717, 1.165) is 3.57 Å². The third-order valence-corrected chi connectivity index (χ3v) is 3.96. The number of aromatic hydroxyl groups is 1. The van der Waals surface area contributed by atoms with E-state index >= 15 is 0 Å². The zero-order valence-corrected chi connectivity index (χ0v) is 13.2. The molecule has 0 bridgehead atoms. The van der Waals surface area contributed by atoms with E-state index in [4.69, 9.17) is 0 Å². The zero-order valence-electron chi connectivity index (χ0n) is 11.0. The number of nitrogens with zero attached hydrogens (tertiary/aromatic N) is 1. The van der Waals surface area contributed by atoms with Crippen molar-refractivity contribution in [2.24, 2.45) is 0 Å². The molecule has 1 aliphatic rings. The maximum atomic E-state index is 12.1. The van der Waals surface area contributed by atoms with E-state index in [2.05, 4.69) is 27.9 Å². The van der Waals surface area contributed by atoms with Crippen LogP contribution in [0, 0.1) is 13.7 Å². The molecule has 6 nitrogen and oxygen atoms in total. The van der Waals surface area contributed by atoms with Crippen molar-refractivity contribution in [1.29, 1.82) is 0 Å². The first kappa shape index (κ1) is 14.5. The van der Waals surface area contributed by atoms with Gasteiger partial charge in [0.25, 0.3) is 11.6 Å². The number of amides is 1. The zero-order chi connectivity index (χ0) is 15.9. The summed E-state index contributed by atoms with van der Waals surface area (Å²) < 4.78 is 0.960. The number of hydrogen-bond acceptors (Lipinski definition) is 4. The van der Waals surface area contributed by atoms with Crippen molar-refractivity contribution in [1.82, 2.24) is 0 Å². The number of carbonyl (C=O) groups excluding carboxylic acids is 1. The van der Waals surface area contributed by atoms with Crippen LogP contribution in [0.25, 0.3) is 11.6 Å². The van der Waals surface area contributed by atoms with Crippen LogP contribution in [0.3, 0.4) is 0 Å². The fourth-order valence-electron chi connectivity index (χ4n) is 2.23. The van der Waals surface area contributed by atoms with Crippen LogP contribution in [0.1, 0.15) is 11.1 Å². The maximum absolute atomic E-state index is 12.1. The lowest BCUT2D eigenvalue weighted by Crippen LogP contribution is -2.03. The minimum Gasteiger partial charge on any atom is -0.507 e. The number of phenolic OH excluding ortho intramolecular Hbond substituents is 1. The SMILES string of the molecule is O=C1Nc2ccc(I)cc2C1=Cc1cc([N+](=O)[O-])ccc1O. The number of halogens is 1. The van der Waals surface area contributed by atoms with E-state index in [1.54, 1.807) is 6.07 Å². The molecule has 7 heteroatoms. The second-order valence-electron chi connectivity index (χ2n) is 4.70. The molecule has 1 amide bonds. The number of fused-ring (bicyclic) bond motifs is 1. The number of hydrogen-bond donors (Lipinski definition) is 2.